The molecule has 2 rings (SSSR count). The third-order valence-electron chi connectivity index (χ3n) is 2.74. The third-order valence-corrected chi connectivity index (χ3v) is 4.19. The molecule has 1 atom stereocenters. The second-order valence-electron chi connectivity index (χ2n) is 4.10. The number of hydrogen-bond acceptors (Lipinski definition) is 3. The average Bonchev–Trinajstić information content (AvgIpc) is 2.48. The summed E-state index contributed by atoms with van der Waals surface area (Å²) in [5.41, 5.74) is 1.38. The van der Waals surface area contributed by atoms with Gasteiger partial charge in [0.2, 0.25) is 0 Å². The van der Waals surface area contributed by atoms with Crippen LogP contribution in [-0.2, 0) is 16.6 Å². The zero-order valence-electron chi connectivity index (χ0n) is 10.4. The molecule has 0 aliphatic heterocycles. The van der Waals surface area contributed by atoms with Crippen LogP contribution in [0.5, 0.6) is 0 Å². The van der Waals surface area contributed by atoms with E-state index in [0.29, 0.717) is 10.5 Å². The first-order valence-corrected chi connectivity index (χ1v) is 7.13. The average molecular weight is 285 g/mol. The van der Waals surface area contributed by atoms with Crippen LogP contribution >= 0.6 is 0 Å². The van der Waals surface area contributed by atoms with Crippen LogP contribution in [0.15, 0.2) is 53.4 Å². The lowest BCUT2D eigenvalue weighted by atomic mass is 10.2. The van der Waals surface area contributed by atoms with Crippen LogP contribution in [0.2, 0.25) is 0 Å². The Balaban J connectivity index is 2.24. The molecule has 0 heterocycles. The molecule has 0 saturated heterocycles. The van der Waals surface area contributed by atoms with E-state index in [2.05, 4.69) is 0 Å². The molecule has 4 nitrogen and oxygen atoms in total. The van der Waals surface area contributed by atoms with Gasteiger partial charge >= 0.3 is 5.97 Å². The molecule has 2 aromatic rings. The highest BCUT2D eigenvalue weighted by Gasteiger charge is 2.14. The summed E-state index contributed by atoms with van der Waals surface area (Å²) < 4.78 is 12.3. The molecule has 100 valence electrons. The van der Waals surface area contributed by atoms with Gasteiger partial charge in [0.25, 0.3) is 0 Å². The van der Waals surface area contributed by atoms with Gasteiger partial charge in [-0.05, 0) is 29.8 Å². The summed E-state index contributed by atoms with van der Waals surface area (Å²) in [4.78, 5) is 11.4. The van der Waals surface area contributed by atoms with Gasteiger partial charge in [0.05, 0.1) is 38.6 Å². The Morgan fingerprint density at radius 2 is 1.80 bits per heavy atom. The Labute approximate surface area is 118 Å². The van der Waals surface area contributed by atoms with E-state index in [0.717, 1.165) is 5.56 Å². The van der Waals surface area contributed by atoms with Crippen LogP contribution < -0.4 is 0 Å². The number of carbonyl (C=O) groups is 1. The number of rotatable bonds is 4. The van der Waals surface area contributed by atoms with E-state index < -0.39 is 16.8 Å². The lowest BCUT2D eigenvalue weighted by molar-refractivity contribution is 0.0693. The Morgan fingerprint density at radius 3 is 2.40 bits per heavy atom. The van der Waals surface area contributed by atoms with Crippen molar-refractivity contribution in [1.29, 1.82) is 5.26 Å². The lowest BCUT2D eigenvalue weighted by Crippen LogP contribution is -2.05. The Bertz CT molecular complexity index is 702. The first-order chi connectivity index (χ1) is 9.61. The van der Waals surface area contributed by atoms with Gasteiger partial charge < -0.3 is 5.11 Å². The van der Waals surface area contributed by atoms with E-state index in [-0.39, 0.29) is 11.3 Å². The minimum Gasteiger partial charge on any atom is -0.478 e. The van der Waals surface area contributed by atoms with E-state index in [1.165, 1.54) is 6.07 Å². The van der Waals surface area contributed by atoms with E-state index >= 15 is 0 Å². The van der Waals surface area contributed by atoms with Gasteiger partial charge in [-0.15, -0.1) is 0 Å². The van der Waals surface area contributed by atoms with Crippen molar-refractivity contribution in [3.63, 3.8) is 0 Å². The topological polar surface area (TPSA) is 78.2 Å². The van der Waals surface area contributed by atoms with Gasteiger partial charge in [0.15, 0.2) is 0 Å². The molecule has 0 saturated carbocycles. The van der Waals surface area contributed by atoms with Crippen molar-refractivity contribution < 1.29 is 14.1 Å². The van der Waals surface area contributed by atoms with Crippen LogP contribution in [-0.4, -0.2) is 15.3 Å². The summed E-state index contributed by atoms with van der Waals surface area (Å²) in [7, 11) is -1.44. The highest BCUT2D eigenvalue weighted by Crippen LogP contribution is 2.17. The summed E-state index contributed by atoms with van der Waals surface area (Å²) in [5.74, 6) is -0.871. The standard InChI is InChI=1S/C15H11NO3S/c16-9-11-5-7-12(8-6-11)10-20(19)14-4-2-1-3-13(14)15(17)18/h1-8H,10H2,(H,17,18). The van der Waals surface area contributed by atoms with Crippen LogP contribution in [0.4, 0.5) is 0 Å². The third kappa shape index (κ3) is 3.11. The smallest absolute Gasteiger partial charge is 0.336 e. The van der Waals surface area contributed by atoms with Gasteiger partial charge in [0.1, 0.15) is 0 Å². The number of aromatic carboxylic acids is 1. The molecule has 0 fully saturated rings. The SMILES string of the molecule is N#Cc1ccc(CS(=O)c2ccccc2C(=O)O)cc1. The summed E-state index contributed by atoms with van der Waals surface area (Å²) in [6.07, 6.45) is 0. The number of nitriles is 1. The van der Waals surface area contributed by atoms with E-state index in [1.807, 2.05) is 6.07 Å². The van der Waals surface area contributed by atoms with Crippen LogP contribution in [0.25, 0.3) is 0 Å². The highest BCUT2D eigenvalue weighted by molar-refractivity contribution is 7.84. The molecular formula is C15H11NO3S. The molecule has 0 bridgehead atoms. The number of carboxylic acids is 1. The largest absolute Gasteiger partial charge is 0.478 e. The van der Waals surface area contributed by atoms with Crippen molar-refractivity contribution in [2.75, 3.05) is 0 Å². The molecule has 2 aromatic carbocycles. The molecule has 0 amide bonds. The fourth-order valence-electron chi connectivity index (χ4n) is 1.75. The van der Waals surface area contributed by atoms with Crippen LogP contribution in [0.3, 0.4) is 0 Å². The van der Waals surface area contributed by atoms with Gasteiger partial charge in [-0.1, -0.05) is 24.3 Å². The minimum atomic E-state index is -1.44. The number of benzene rings is 2. The molecule has 0 aromatic heterocycles. The molecule has 0 radical (unpaired) electrons. The zero-order chi connectivity index (χ0) is 14.5. The summed E-state index contributed by atoms with van der Waals surface area (Å²) in [6.45, 7) is 0. The zero-order valence-corrected chi connectivity index (χ0v) is 11.3. The highest BCUT2D eigenvalue weighted by atomic mass is 32.2. The van der Waals surface area contributed by atoms with E-state index in [4.69, 9.17) is 10.4 Å². The van der Waals surface area contributed by atoms with Crippen molar-refractivity contribution in [3.05, 3.63) is 65.2 Å². The summed E-state index contributed by atoms with van der Waals surface area (Å²) in [5, 5.41) is 17.8. The quantitative estimate of drug-likeness (QED) is 0.936. The van der Waals surface area contributed by atoms with Crippen molar-refractivity contribution in [1.82, 2.24) is 0 Å². The van der Waals surface area contributed by atoms with Crippen LogP contribution in [0, 0.1) is 11.3 Å². The molecule has 0 spiro atoms. The maximum absolute atomic E-state index is 12.3. The molecule has 1 N–H and O–H groups in total. The molecule has 1 unspecified atom stereocenters. The molecule has 20 heavy (non-hydrogen) atoms. The fourth-order valence-corrected chi connectivity index (χ4v) is 3.03. The Morgan fingerprint density at radius 1 is 1.15 bits per heavy atom. The summed E-state index contributed by atoms with van der Waals surface area (Å²) >= 11 is 0. The summed E-state index contributed by atoms with van der Waals surface area (Å²) in [6, 6.07) is 15.0. The normalized spacial score (nSPS) is 11.6. The Kier molecular flexibility index (Phi) is 4.28. The molecule has 0 aliphatic carbocycles. The molecule has 0 aliphatic rings. The predicted octanol–water partition coefficient (Wildman–Crippen LogP) is 2.56. The van der Waals surface area contributed by atoms with Crippen LogP contribution in [0.1, 0.15) is 21.5 Å². The van der Waals surface area contributed by atoms with Crippen molar-refractivity contribution >= 4 is 16.8 Å². The maximum atomic E-state index is 12.3. The van der Waals surface area contributed by atoms with Crippen molar-refractivity contribution in [2.24, 2.45) is 0 Å². The number of nitrogens with zero attached hydrogens (tertiary/aromatic N) is 1. The first kappa shape index (κ1) is 14.0. The monoisotopic (exact) mass is 285 g/mol. The molecular weight excluding hydrogens is 274 g/mol. The van der Waals surface area contributed by atoms with E-state index in [9.17, 15) is 9.00 Å². The molecule has 5 heteroatoms. The first-order valence-electron chi connectivity index (χ1n) is 5.81. The van der Waals surface area contributed by atoms with E-state index in [1.54, 1.807) is 42.5 Å². The number of hydrogen-bond donors (Lipinski definition) is 1. The fraction of sp³-hybridized carbons (Fsp3) is 0.0667. The van der Waals surface area contributed by atoms with Gasteiger partial charge in [0, 0.05) is 0 Å². The van der Waals surface area contributed by atoms with Gasteiger partial charge in [-0.2, -0.15) is 5.26 Å². The van der Waals surface area contributed by atoms with Crippen molar-refractivity contribution in [3.8, 4) is 6.07 Å². The van der Waals surface area contributed by atoms with Crippen molar-refractivity contribution in [2.45, 2.75) is 10.6 Å². The Hall–Kier alpha value is -2.45. The van der Waals surface area contributed by atoms with Gasteiger partial charge in [-0.3, -0.25) is 4.21 Å². The maximum Gasteiger partial charge on any atom is 0.336 e. The number of carboxylic acid groups (broad SMARTS) is 1. The predicted molar refractivity (Wildman–Crippen MR) is 74.7 cm³/mol. The van der Waals surface area contributed by atoms with Gasteiger partial charge in [-0.25, -0.2) is 4.79 Å². The second kappa shape index (κ2) is 6.13. The lowest BCUT2D eigenvalue weighted by Gasteiger charge is -2.06. The minimum absolute atomic E-state index is 0.0551. The second-order valence-corrected chi connectivity index (χ2v) is 5.52.